The van der Waals surface area contributed by atoms with Crippen molar-refractivity contribution in [3.63, 3.8) is 0 Å². The van der Waals surface area contributed by atoms with Crippen LogP contribution in [0.25, 0.3) is 0 Å². The quantitative estimate of drug-likeness (QED) is 0.241. The molecule has 0 aromatic heterocycles. The molecule has 1 saturated heterocycles. The molecule has 134 valence electrons. The van der Waals surface area contributed by atoms with Gasteiger partial charge in [-0.3, -0.25) is 0 Å². The van der Waals surface area contributed by atoms with Gasteiger partial charge >= 0.3 is 5.97 Å². The summed E-state index contributed by atoms with van der Waals surface area (Å²) in [5.74, 6) is -0.323. The summed E-state index contributed by atoms with van der Waals surface area (Å²) < 4.78 is 11.3. The van der Waals surface area contributed by atoms with E-state index in [9.17, 15) is 9.90 Å². The highest BCUT2D eigenvalue weighted by Gasteiger charge is 2.49. The summed E-state index contributed by atoms with van der Waals surface area (Å²) in [5.41, 5.74) is 0.248. The highest BCUT2D eigenvalue weighted by Crippen LogP contribution is 2.39. The second-order valence-electron chi connectivity index (χ2n) is 7.01. The van der Waals surface area contributed by atoms with E-state index in [0.29, 0.717) is 12.0 Å². The van der Waals surface area contributed by atoms with Crippen molar-refractivity contribution in [2.75, 3.05) is 0 Å². The van der Waals surface area contributed by atoms with Crippen LogP contribution in [0.3, 0.4) is 0 Å². The fourth-order valence-electron chi connectivity index (χ4n) is 2.10. The second kappa shape index (κ2) is 7.95. The van der Waals surface area contributed by atoms with Crippen LogP contribution in [0.2, 0.25) is 0 Å². The molecule has 4 nitrogen and oxygen atoms in total. The van der Waals surface area contributed by atoms with Gasteiger partial charge in [0.15, 0.2) is 0 Å². The number of carbonyl (C=O) groups is 1. The van der Waals surface area contributed by atoms with E-state index in [1.54, 1.807) is 32.1 Å². The van der Waals surface area contributed by atoms with Gasteiger partial charge in [-0.25, -0.2) is 4.79 Å². The smallest absolute Gasteiger partial charge is 0.333 e. The first kappa shape index (κ1) is 20.4. The molecule has 1 fully saturated rings. The predicted molar refractivity (Wildman–Crippen MR) is 96.6 cm³/mol. The van der Waals surface area contributed by atoms with Crippen molar-refractivity contribution in [1.82, 2.24) is 0 Å². The van der Waals surface area contributed by atoms with Gasteiger partial charge in [-0.2, -0.15) is 0 Å². The molecule has 0 aliphatic carbocycles. The summed E-state index contributed by atoms with van der Waals surface area (Å²) in [4.78, 5) is 12.1. The van der Waals surface area contributed by atoms with Crippen molar-refractivity contribution in [3.8, 4) is 0 Å². The molecule has 1 N–H and O–H groups in total. The SMILES string of the molecule is C=CC(C)(O)/C=C/C=C(\C)C(CC1OC1(C)C)OC(=O)/C(C)=C/C. The first-order valence-electron chi connectivity index (χ1n) is 8.26. The van der Waals surface area contributed by atoms with Crippen LogP contribution in [-0.4, -0.2) is 34.5 Å². The minimum atomic E-state index is -1.06. The third-order valence-electron chi connectivity index (χ3n) is 4.31. The Balaban J connectivity index is 2.86. The zero-order valence-electron chi connectivity index (χ0n) is 15.6. The van der Waals surface area contributed by atoms with E-state index in [-0.39, 0.29) is 23.8 Å². The monoisotopic (exact) mass is 334 g/mol. The van der Waals surface area contributed by atoms with Crippen LogP contribution in [0.15, 0.2) is 48.1 Å². The van der Waals surface area contributed by atoms with Crippen molar-refractivity contribution < 1.29 is 19.4 Å². The van der Waals surface area contributed by atoms with Gasteiger partial charge in [-0.1, -0.05) is 30.9 Å². The van der Waals surface area contributed by atoms with Crippen LogP contribution in [0, 0.1) is 0 Å². The summed E-state index contributed by atoms with van der Waals surface area (Å²) in [5, 5.41) is 9.90. The van der Waals surface area contributed by atoms with Crippen molar-refractivity contribution in [3.05, 3.63) is 48.1 Å². The standard InChI is InChI=1S/C20H30O4/c1-8-14(3)18(21)23-16(13-17-19(5,6)24-17)15(4)11-10-12-20(7,22)9-2/h8-12,16-17,22H,2,13H2,1,3-7H3/b12-10+,14-8+,15-11+. The minimum absolute atomic E-state index is 0.0739. The number of hydrogen-bond acceptors (Lipinski definition) is 4. The number of esters is 1. The molecule has 1 aliphatic rings. The van der Waals surface area contributed by atoms with Crippen LogP contribution < -0.4 is 0 Å². The van der Waals surface area contributed by atoms with Gasteiger partial charge in [0.2, 0.25) is 0 Å². The minimum Gasteiger partial charge on any atom is -0.454 e. The van der Waals surface area contributed by atoms with Crippen molar-refractivity contribution in [2.45, 2.75) is 71.4 Å². The largest absolute Gasteiger partial charge is 0.454 e. The van der Waals surface area contributed by atoms with E-state index < -0.39 is 5.60 Å². The van der Waals surface area contributed by atoms with Crippen LogP contribution in [0.1, 0.15) is 48.0 Å². The van der Waals surface area contributed by atoms with Gasteiger partial charge in [-0.15, -0.1) is 0 Å². The Kier molecular flexibility index (Phi) is 6.76. The summed E-state index contributed by atoms with van der Waals surface area (Å²) in [6.07, 6.45) is 8.75. The lowest BCUT2D eigenvalue weighted by Crippen LogP contribution is -2.23. The highest BCUT2D eigenvalue weighted by atomic mass is 16.6. The molecule has 1 aliphatic heterocycles. The molecule has 3 atom stereocenters. The molecule has 0 saturated carbocycles. The summed E-state index contributed by atoms with van der Waals surface area (Å²) in [6.45, 7) is 14.7. The molecule has 1 heterocycles. The molecular weight excluding hydrogens is 304 g/mol. The normalized spacial score (nSPS) is 24.4. The number of epoxide rings is 1. The maximum atomic E-state index is 12.1. The Morgan fingerprint density at radius 1 is 1.46 bits per heavy atom. The van der Waals surface area contributed by atoms with Crippen molar-refractivity contribution in [1.29, 1.82) is 0 Å². The summed E-state index contributed by atoms with van der Waals surface area (Å²) in [7, 11) is 0. The number of ether oxygens (including phenoxy) is 2. The van der Waals surface area contributed by atoms with Gasteiger partial charge in [0, 0.05) is 12.0 Å². The lowest BCUT2D eigenvalue weighted by molar-refractivity contribution is -0.143. The molecule has 4 heteroatoms. The number of carbonyl (C=O) groups excluding carboxylic acids is 1. The summed E-state index contributed by atoms with van der Waals surface area (Å²) in [6, 6.07) is 0. The molecule has 0 aromatic rings. The van der Waals surface area contributed by atoms with Crippen LogP contribution >= 0.6 is 0 Å². The van der Waals surface area contributed by atoms with Crippen LogP contribution in [-0.2, 0) is 14.3 Å². The Morgan fingerprint density at radius 2 is 2.04 bits per heavy atom. The predicted octanol–water partition coefficient (Wildman–Crippen LogP) is 3.87. The van der Waals surface area contributed by atoms with Crippen molar-refractivity contribution >= 4 is 5.97 Å². The maximum absolute atomic E-state index is 12.1. The molecule has 3 unspecified atom stereocenters. The van der Waals surface area contributed by atoms with E-state index in [4.69, 9.17) is 9.47 Å². The molecule has 0 bridgehead atoms. The van der Waals surface area contributed by atoms with Crippen LogP contribution in [0.4, 0.5) is 0 Å². The van der Waals surface area contributed by atoms with E-state index in [0.717, 1.165) is 5.57 Å². The van der Waals surface area contributed by atoms with Gasteiger partial charge in [-0.05, 0) is 53.2 Å². The molecule has 0 radical (unpaired) electrons. The van der Waals surface area contributed by atoms with Gasteiger partial charge in [0.25, 0.3) is 0 Å². The number of hydrogen-bond donors (Lipinski definition) is 1. The first-order chi connectivity index (χ1) is 11.0. The third-order valence-corrected chi connectivity index (χ3v) is 4.31. The molecule has 0 spiro atoms. The number of allylic oxidation sites excluding steroid dienone is 3. The van der Waals surface area contributed by atoms with Crippen LogP contribution in [0.5, 0.6) is 0 Å². The average molecular weight is 334 g/mol. The van der Waals surface area contributed by atoms with E-state index >= 15 is 0 Å². The Hall–Kier alpha value is -1.65. The number of aliphatic hydroxyl groups is 1. The fourth-order valence-corrected chi connectivity index (χ4v) is 2.10. The number of rotatable bonds is 8. The summed E-state index contributed by atoms with van der Waals surface area (Å²) >= 11 is 0. The highest BCUT2D eigenvalue weighted by molar-refractivity contribution is 5.87. The topological polar surface area (TPSA) is 59.1 Å². The van der Waals surface area contributed by atoms with E-state index in [2.05, 4.69) is 6.58 Å². The van der Waals surface area contributed by atoms with Gasteiger partial charge < -0.3 is 14.6 Å². The fraction of sp³-hybridized carbons (Fsp3) is 0.550. The van der Waals surface area contributed by atoms with E-state index in [1.807, 2.05) is 33.8 Å². The third kappa shape index (κ3) is 6.10. The second-order valence-corrected chi connectivity index (χ2v) is 7.01. The molecule has 1 rings (SSSR count). The Labute approximate surface area is 145 Å². The van der Waals surface area contributed by atoms with Gasteiger partial charge in [0.1, 0.15) is 6.10 Å². The Morgan fingerprint density at radius 3 is 2.50 bits per heavy atom. The molecule has 0 amide bonds. The molecule has 0 aromatic carbocycles. The maximum Gasteiger partial charge on any atom is 0.333 e. The molecule has 24 heavy (non-hydrogen) atoms. The lowest BCUT2D eigenvalue weighted by atomic mass is 9.99. The van der Waals surface area contributed by atoms with E-state index in [1.165, 1.54) is 6.08 Å². The zero-order chi connectivity index (χ0) is 18.5. The molecular formula is C20H30O4. The zero-order valence-corrected chi connectivity index (χ0v) is 15.6. The Bertz CT molecular complexity index is 564. The average Bonchev–Trinajstić information content (AvgIpc) is 3.11. The lowest BCUT2D eigenvalue weighted by Gasteiger charge is -2.19. The van der Waals surface area contributed by atoms with Gasteiger partial charge in [0.05, 0.1) is 17.3 Å². The van der Waals surface area contributed by atoms with Crippen molar-refractivity contribution in [2.24, 2.45) is 0 Å². The first-order valence-corrected chi connectivity index (χ1v) is 8.26.